The van der Waals surface area contributed by atoms with E-state index in [0.717, 1.165) is 30.4 Å². The standard InChI is InChI=1S/C17H19NO2S/c18-11-13-3-1-4-14(9-13)12-21(19,20)17-8-7-15-5-2-6-16(15)10-17/h1,3-4,7-10H,2,5-6,11-12,18H2. The quantitative estimate of drug-likeness (QED) is 0.944. The molecule has 0 amide bonds. The SMILES string of the molecule is NCc1cccc(CS(=O)(=O)c2ccc3c(c2)CCC3)c1. The monoisotopic (exact) mass is 301 g/mol. The van der Waals surface area contributed by atoms with Crippen molar-refractivity contribution in [2.24, 2.45) is 5.73 Å². The largest absolute Gasteiger partial charge is 0.326 e. The van der Waals surface area contributed by atoms with Gasteiger partial charge in [-0.3, -0.25) is 0 Å². The van der Waals surface area contributed by atoms with Crippen LogP contribution in [-0.2, 0) is 35.0 Å². The summed E-state index contributed by atoms with van der Waals surface area (Å²) >= 11 is 0. The lowest BCUT2D eigenvalue weighted by molar-refractivity contribution is 0.595. The van der Waals surface area contributed by atoms with Gasteiger partial charge in [-0.1, -0.05) is 30.3 Å². The first kappa shape index (κ1) is 14.3. The Bertz CT molecular complexity index is 766. The van der Waals surface area contributed by atoms with E-state index in [0.29, 0.717) is 11.4 Å². The van der Waals surface area contributed by atoms with Crippen molar-refractivity contribution in [3.05, 3.63) is 64.7 Å². The van der Waals surface area contributed by atoms with Crippen molar-refractivity contribution in [2.75, 3.05) is 0 Å². The number of nitrogens with two attached hydrogens (primary N) is 1. The van der Waals surface area contributed by atoms with Gasteiger partial charge in [-0.25, -0.2) is 8.42 Å². The van der Waals surface area contributed by atoms with Crippen molar-refractivity contribution in [2.45, 2.75) is 36.5 Å². The van der Waals surface area contributed by atoms with Gasteiger partial charge in [-0.05, 0) is 53.6 Å². The second kappa shape index (κ2) is 5.62. The van der Waals surface area contributed by atoms with Gasteiger partial charge in [0.2, 0.25) is 0 Å². The van der Waals surface area contributed by atoms with E-state index in [9.17, 15) is 8.42 Å². The summed E-state index contributed by atoms with van der Waals surface area (Å²) in [6, 6.07) is 13.0. The average molecular weight is 301 g/mol. The summed E-state index contributed by atoms with van der Waals surface area (Å²) < 4.78 is 25.1. The molecule has 0 aromatic heterocycles. The van der Waals surface area contributed by atoms with Crippen molar-refractivity contribution in [1.29, 1.82) is 0 Å². The minimum Gasteiger partial charge on any atom is -0.326 e. The van der Waals surface area contributed by atoms with Crippen LogP contribution < -0.4 is 5.73 Å². The molecule has 21 heavy (non-hydrogen) atoms. The number of aryl methyl sites for hydroxylation is 2. The van der Waals surface area contributed by atoms with Crippen molar-refractivity contribution in [3.63, 3.8) is 0 Å². The summed E-state index contributed by atoms with van der Waals surface area (Å²) in [5.74, 6) is 0.0274. The summed E-state index contributed by atoms with van der Waals surface area (Å²) in [4.78, 5) is 0.432. The summed E-state index contributed by atoms with van der Waals surface area (Å²) in [7, 11) is -3.30. The fourth-order valence-corrected chi connectivity index (χ4v) is 4.27. The van der Waals surface area contributed by atoms with Crippen LogP contribution in [0.3, 0.4) is 0 Å². The van der Waals surface area contributed by atoms with Crippen molar-refractivity contribution < 1.29 is 8.42 Å². The molecular weight excluding hydrogens is 282 g/mol. The van der Waals surface area contributed by atoms with E-state index in [4.69, 9.17) is 5.73 Å². The molecule has 110 valence electrons. The molecule has 0 unspecified atom stereocenters. The van der Waals surface area contributed by atoms with E-state index in [1.165, 1.54) is 11.1 Å². The molecule has 0 bridgehead atoms. The van der Waals surface area contributed by atoms with Gasteiger partial charge in [-0.15, -0.1) is 0 Å². The van der Waals surface area contributed by atoms with Gasteiger partial charge >= 0.3 is 0 Å². The van der Waals surface area contributed by atoms with Crippen LogP contribution in [0.1, 0.15) is 28.7 Å². The van der Waals surface area contributed by atoms with Gasteiger partial charge in [0, 0.05) is 6.54 Å². The maximum Gasteiger partial charge on any atom is 0.182 e. The third-order valence-corrected chi connectivity index (χ3v) is 5.70. The van der Waals surface area contributed by atoms with Crippen molar-refractivity contribution >= 4 is 9.84 Å². The van der Waals surface area contributed by atoms with Crippen molar-refractivity contribution in [3.8, 4) is 0 Å². The Hall–Kier alpha value is -1.65. The van der Waals surface area contributed by atoms with Crippen LogP contribution in [-0.4, -0.2) is 8.42 Å². The molecule has 0 atom stereocenters. The topological polar surface area (TPSA) is 60.2 Å². The van der Waals surface area contributed by atoms with Gasteiger partial charge in [0.05, 0.1) is 10.6 Å². The zero-order chi connectivity index (χ0) is 14.9. The second-order valence-corrected chi connectivity index (χ2v) is 7.56. The maximum absolute atomic E-state index is 12.6. The molecule has 2 aromatic carbocycles. The highest BCUT2D eigenvalue weighted by molar-refractivity contribution is 7.90. The predicted molar refractivity (Wildman–Crippen MR) is 83.7 cm³/mol. The number of benzene rings is 2. The number of sulfone groups is 1. The summed E-state index contributed by atoms with van der Waals surface area (Å²) in [6.45, 7) is 0.423. The van der Waals surface area contributed by atoms with Gasteiger partial charge in [0.25, 0.3) is 0 Å². The van der Waals surface area contributed by atoms with E-state index in [1.54, 1.807) is 6.07 Å². The molecule has 0 radical (unpaired) electrons. The minimum atomic E-state index is -3.30. The molecule has 0 saturated carbocycles. The molecule has 1 aliphatic carbocycles. The van der Waals surface area contributed by atoms with Gasteiger partial charge in [0.1, 0.15) is 0 Å². The first-order valence-electron chi connectivity index (χ1n) is 7.21. The molecule has 0 heterocycles. The Kier molecular flexibility index (Phi) is 3.83. The van der Waals surface area contributed by atoms with E-state index in [-0.39, 0.29) is 5.75 Å². The maximum atomic E-state index is 12.6. The van der Waals surface area contributed by atoms with E-state index < -0.39 is 9.84 Å². The molecular formula is C17H19NO2S. The first-order valence-corrected chi connectivity index (χ1v) is 8.86. The molecule has 3 nitrogen and oxygen atoms in total. The minimum absolute atomic E-state index is 0.0274. The fourth-order valence-electron chi connectivity index (χ4n) is 2.89. The summed E-state index contributed by atoms with van der Waals surface area (Å²) in [5.41, 5.74) is 9.83. The Morgan fingerprint density at radius 2 is 1.71 bits per heavy atom. The summed E-state index contributed by atoms with van der Waals surface area (Å²) in [6.07, 6.45) is 3.17. The highest BCUT2D eigenvalue weighted by atomic mass is 32.2. The van der Waals surface area contributed by atoms with Crippen LogP contribution in [0.25, 0.3) is 0 Å². The summed E-state index contributed by atoms with van der Waals surface area (Å²) in [5, 5.41) is 0. The number of fused-ring (bicyclic) bond motifs is 1. The first-order chi connectivity index (χ1) is 10.1. The molecule has 4 heteroatoms. The Labute approximate surface area is 125 Å². The van der Waals surface area contributed by atoms with Crippen LogP contribution in [0.4, 0.5) is 0 Å². The number of rotatable bonds is 4. The average Bonchev–Trinajstić information content (AvgIpc) is 2.94. The van der Waals surface area contributed by atoms with E-state index in [2.05, 4.69) is 0 Å². The Balaban J connectivity index is 1.89. The molecule has 0 saturated heterocycles. The highest BCUT2D eigenvalue weighted by Crippen LogP contribution is 2.26. The molecule has 1 aliphatic rings. The smallest absolute Gasteiger partial charge is 0.182 e. The Morgan fingerprint density at radius 3 is 2.52 bits per heavy atom. The van der Waals surface area contributed by atoms with Gasteiger partial charge in [0.15, 0.2) is 9.84 Å². The second-order valence-electron chi connectivity index (χ2n) is 5.57. The molecule has 0 aliphatic heterocycles. The van der Waals surface area contributed by atoms with Crippen LogP contribution in [0, 0.1) is 0 Å². The lowest BCUT2D eigenvalue weighted by atomic mass is 10.1. The predicted octanol–water partition coefficient (Wildman–Crippen LogP) is 2.61. The lowest BCUT2D eigenvalue weighted by Gasteiger charge is -2.08. The zero-order valence-corrected chi connectivity index (χ0v) is 12.7. The fraction of sp³-hybridized carbons (Fsp3) is 0.294. The molecule has 2 N–H and O–H groups in total. The third-order valence-electron chi connectivity index (χ3n) is 4.01. The molecule has 2 aromatic rings. The highest BCUT2D eigenvalue weighted by Gasteiger charge is 2.19. The van der Waals surface area contributed by atoms with E-state index in [1.807, 2.05) is 36.4 Å². The normalized spacial score (nSPS) is 14.1. The number of hydrogen-bond donors (Lipinski definition) is 1. The zero-order valence-electron chi connectivity index (χ0n) is 11.9. The van der Waals surface area contributed by atoms with Crippen LogP contribution in [0.2, 0.25) is 0 Å². The number of hydrogen-bond acceptors (Lipinski definition) is 3. The van der Waals surface area contributed by atoms with Crippen LogP contribution >= 0.6 is 0 Å². The Morgan fingerprint density at radius 1 is 0.952 bits per heavy atom. The van der Waals surface area contributed by atoms with E-state index >= 15 is 0 Å². The van der Waals surface area contributed by atoms with Crippen LogP contribution in [0.5, 0.6) is 0 Å². The lowest BCUT2D eigenvalue weighted by Crippen LogP contribution is -2.06. The molecule has 0 spiro atoms. The van der Waals surface area contributed by atoms with Crippen LogP contribution in [0.15, 0.2) is 47.4 Å². The molecule has 0 fully saturated rings. The third kappa shape index (κ3) is 3.01. The molecule has 3 rings (SSSR count). The van der Waals surface area contributed by atoms with Gasteiger partial charge < -0.3 is 5.73 Å². The van der Waals surface area contributed by atoms with Crippen molar-refractivity contribution in [1.82, 2.24) is 0 Å². The van der Waals surface area contributed by atoms with Gasteiger partial charge in [-0.2, -0.15) is 0 Å².